The lowest BCUT2D eigenvalue weighted by atomic mass is 10.3. The average molecular weight is 334 g/mol. The Morgan fingerprint density at radius 3 is 2.77 bits per heavy atom. The Morgan fingerprint density at radius 1 is 1.32 bits per heavy atom. The molecule has 0 radical (unpaired) electrons. The zero-order valence-electron chi connectivity index (χ0n) is 11.7. The molecule has 0 fully saturated rings. The minimum Gasteiger partial charge on any atom is -0.317 e. The zero-order valence-corrected chi connectivity index (χ0v) is 13.3. The van der Waals surface area contributed by atoms with E-state index in [4.69, 9.17) is 0 Å². The van der Waals surface area contributed by atoms with Crippen LogP contribution in [0.15, 0.2) is 35.2 Å². The van der Waals surface area contributed by atoms with Crippen LogP contribution in [0.5, 0.6) is 0 Å². The van der Waals surface area contributed by atoms with Crippen LogP contribution < -0.4 is 5.32 Å². The molecule has 1 amide bonds. The van der Waals surface area contributed by atoms with Crippen LogP contribution in [0.1, 0.15) is 16.9 Å². The van der Waals surface area contributed by atoms with Crippen molar-refractivity contribution < 1.29 is 9.72 Å². The summed E-state index contributed by atoms with van der Waals surface area (Å²) in [5.41, 5.74) is 1.42. The number of hydrogen-bond donors (Lipinski definition) is 1. The molecule has 3 rings (SSSR count). The second-order valence-electron chi connectivity index (χ2n) is 5.00. The van der Waals surface area contributed by atoms with Gasteiger partial charge in [-0.25, -0.2) is 0 Å². The lowest BCUT2D eigenvalue weighted by Gasteiger charge is -2.03. The highest BCUT2D eigenvalue weighted by atomic mass is 32.2. The van der Waals surface area contributed by atoms with Crippen LogP contribution in [-0.2, 0) is 17.6 Å². The van der Waals surface area contributed by atoms with Gasteiger partial charge in [-0.2, -0.15) is 0 Å². The fraction of sp³-hybridized carbons (Fsp3) is 0.267. The second kappa shape index (κ2) is 6.50. The summed E-state index contributed by atoms with van der Waals surface area (Å²) in [6, 6.07) is 8.29. The number of rotatable bonds is 5. The molecule has 1 aliphatic carbocycles. The number of amides is 1. The molecule has 1 N–H and O–H groups in total. The van der Waals surface area contributed by atoms with Crippen LogP contribution in [0.25, 0.3) is 0 Å². The highest BCUT2D eigenvalue weighted by Crippen LogP contribution is 2.34. The zero-order chi connectivity index (χ0) is 15.5. The predicted molar refractivity (Wildman–Crippen MR) is 88.8 cm³/mol. The molecular weight excluding hydrogens is 320 g/mol. The van der Waals surface area contributed by atoms with E-state index >= 15 is 0 Å². The van der Waals surface area contributed by atoms with Gasteiger partial charge < -0.3 is 5.32 Å². The number of nitrogens with zero attached hydrogens (tertiary/aromatic N) is 1. The minimum absolute atomic E-state index is 0.0525. The Kier molecular flexibility index (Phi) is 4.44. The highest BCUT2D eigenvalue weighted by molar-refractivity contribution is 8.00. The smallest absolute Gasteiger partial charge is 0.269 e. The first-order valence-electron chi connectivity index (χ1n) is 6.90. The highest BCUT2D eigenvalue weighted by Gasteiger charge is 2.16. The molecule has 1 heterocycles. The molecule has 0 spiro atoms. The Bertz CT molecular complexity index is 689. The molecule has 0 aliphatic heterocycles. The molecule has 0 saturated carbocycles. The van der Waals surface area contributed by atoms with E-state index in [1.807, 2.05) is 0 Å². The van der Waals surface area contributed by atoms with Gasteiger partial charge in [-0.3, -0.25) is 14.9 Å². The van der Waals surface area contributed by atoms with E-state index in [1.165, 1.54) is 40.8 Å². The summed E-state index contributed by atoms with van der Waals surface area (Å²) in [6.07, 6.45) is 3.44. The number of nitro benzene ring substituents is 1. The van der Waals surface area contributed by atoms with Gasteiger partial charge in [0.1, 0.15) is 0 Å². The Hall–Kier alpha value is -1.86. The molecule has 1 aliphatic rings. The van der Waals surface area contributed by atoms with E-state index in [9.17, 15) is 14.9 Å². The standard InChI is InChI=1S/C15H14N2O3S2/c18-14(16-15-8-10-2-1-3-13(10)22-15)9-21-12-6-4-11(5-7-12)17(19)20/h4-8H,1-3,9H2,(H,16,18). The van der Waals surface area contributed by atoms with Crippen molar-refractivity contribution in [3.63, 3.8) is 0 Å². The first kappa shape index (κ1) is 15.1. The molecule has 1 aromatic heterocycles. The Morgan fingerprint density at radius 2 is 2.09 bits per heavy atom. The van der Waals surface area contributed by atoms with Gasteiger partial charge in [0.2, 0.25) is 5.91 Å². The predicted octanol–water partition coefficient (Wildman–Crippen LogP) is 3.88. The minimum atomic E-state index is -0.433. The molecule has 0 saturated heterocycles. The first-order valence-corrected chi connectivity index (χ1v) is 8.71. The summed E-state index contributed by atoms with van der Waals surface area (Å²) in [6.45, 7) is 0. The van der Waals surface area contributed by atoms with E-state index in [0.29, 0.717) is 5.75 Å². The number of aryl methyl sites for hydroxylation is 2. The third-order valence-corrected chi connectivity index (χ3v) is 5.59. The van der Waals surface area contributed by atoms with Gasteiger partial charge in [-0.1, -0.05) is 0 Å². The number of fused-ring (bicyclic) bond motifs is 1. The number of nitro groups is 1. The lowest BCUT2D eigenvalue weighted by molar-refractivity contribution is -0.384. The molecule has 114 valence electrons. The quantitative estimate of drug-likeness (QED) is 0.512. The van der Waals surface area contributed by atoms with Gasteiger partial charge in [-0.05, 0) is 43.0 Å². The number of carbonyl (C=O) groups is 1. The number of anilines is 1. The van der Waals surface area contributed by atoms with Crippen molar-refractivity contribution in [1.82, 2.24) is 0 Å². The van der Waals surface area contributed by atoms with Crippen molar-refractivity contribution in [3.05, 3.63) is 50.9 Å². The number of nitrogens with one attached hydrogen (secondary N) is 1. The molecule has 22 heavy (non-hydrogen) atoms. The lowest BCUT2D eigenvalue weighted by Crippen LogP contribution is -2.12. The number of carbonyl (C=O) groups excluding carboxylic acids is 1. The van der Waals surface area contributed by atoms with E-state index in [2.05, 4.69) is 11.4 Å². The van der Waals surface area contributed by atoms with Gasteiger partial charge in [0.05, 0.1) is 15.7 Å². The van der Waals surface area contributed by atoms with E-state index in [0.717, 1.165) is 22.7 Å². The van der Waals surface area contributed by atoms with Crippen LogP contribution in [0, 0.1) is 10.1 Å². The van der Waals surface area contributed by atoms with Gasteiger partial charge >= 0.3 is 0 Å². The third-order valence-electron chi connectivity index (χ3n) is 3.43. The molecule has 1 aromatic carbocycles. The number of benzene rings is 1. The fourth-order valence-corrected chi connectivity index (χ4v) is 4.25. The monoisotopic (exact) mass is 334 g/mol. The summed E-state index contributed by atoms with van der Waals surface area (Å²) in [7, 11) is 0. The summed E-state index contributed by atoms with van der Waals surface area (Å²) in [5.74, 6) is 0.240. The van der Waals surface area contributed by atoms with Crippen molar-refractivity contribution >= 4 is 39.7 Å². The van der Waals surface area contributed by atoms with Gasteiger partial charge in [-0.15, -0.1) is 23.1 Å². The first-order chi connectivity index (χ1) is 10.6. The average Bonchev–Trinajstić information content (AvgIpc) is 3.06. The maximum Gasteiger partial charge on any atom is 0.269 e. The van der Waals surface area contributed by atoms with Crippen molar-refractivity contribution in [2.75, 3.05) is 11.1 Å². The molecule has 0 atom stereocenters. The molecule has 2 aromatic rings. The molecule has 7 heteroatoms. The fourth-order valence-electron chi connectivity index (χ4n) is 2.38. The molecule has 0 unspecified atom stereocenters. The third kappa shape index (κ3) is 3.48. The van der Waals surface area contributed by atoms with Crippen LogP contribution in [0.3, 0.4) is 0 Å². The second-order valence-corrected chi connectivity index (χ2v) is 7.19. The number of non-ortho nitro benzene ring substituents is 1. The Labute approximate surface area is 135 Å². The Balaban J connectivity index is 1.52. The van der Waals surface area contributed by atoms with Gasteiger partial charge in [0.15, 0.2) is 0 Å². The van der Waals surface area contributed by atoms with Crippen LogP contribution in [-0.4, -0.2) is 16.6 Å². The van der Waals surface area contributed by atoms with E-state index < -0.39 is 4.92 Å². The maximum atomic E-state index is 12.0. The van der Waals surface area contributed by atoms with Crippen molar-refractivity contribution in [2.24, 2.45) is 0 Å². The summed E-state index contributed by atoms with van der Waals surface area (Å²) < 4.78 is 0. The molecular formula is C15H14N2O3S2. The molecule has 5 nitrogen and oxygen atoms in total. The van der Waals surface area contributed by atoms with E-state index in [1.54, 1.807) is 23.5 Å². The maximum absolute atomic E-state index is 12.0. The summed E-state index contributed by atoms with van der Waals surface area (Å²) in [5, 5.41) is 14.4. The summed E-state index contributed by atoms with van der Waals surface area (Å²) >= 11 is 3.03. The van der Waals surface area contributed by atoms with Crippen molar-refractivity contribution in [1.29, 1.82) is 0 Å². The SMILES string of the molecule is O=C(CSc1ccc([N+](=O)[O-])cc1)Nc1cc2c(s1)CCC2. The summed E-state index contributed by atoms with van der Waals surface area (Å²) in [4.78, 5) is 24.3. The van der Waals surface area contributed by atoms with E-state index in [-0.39, 0.29) is 11.6 Å². The van der Waals surface area contributed by atoms with Crippen molar-refractivity contribution in [2.45, 2.75) is 24.2 Å². The van der Waals surface area contributed by atoms with Gasteiger partial charge in [0, 0.05) is 21.9 Å². The number of hydrogen-bond acceptors (Lipinski definition) is 5. The normalized spacial score (nSPS) is 12.9. The van der Waals surface area contributed by atoms with Crippen molar-refractivity contribution in [3.8, 4) is 0 Å². The number of thioether (sulfide) groups is 1. The van der Waals surface area contributed by atoms with Crippen LogP contribution in [0.2, 0.25) is 0 Å². The van der Waals surface area contributed by atoms with Crippen LogP contribution >= 0.6 is 23.1 Å². The number of thiophene rings is 1. The van der Waals surface area contributed by atoms with Crippen LogP contribution in [0.4, 0.5) is 10.7 Å². The largest absolute Gasteiger partial charge is 0.317 e. The topological polar surface area (TPSA) is 72.2 Å². The molecule has 0 bridgehead atoms. The van der Waals surface area contributed by atoms with Gasteiger partial charge in [0.25, 0.3) is 5.69 Å².